The third kappa shape index (κ3) is 2.72. The van der Waals surface area contributed by atoms with Gasteiger partial charge in [-0.3, -0.25) is 9.78 Å². The number of amides is 1. The van der Waals surface area contributed by atoms with Gasteiger partial charge in [0.1, 0.15) is 6.04 Å². The minimum atomic E-state index is -0.964. The van der Waals surface area contributed by atoms with Crippen LogP contribution in [0.1, 0.15) is 18.5 Å². The van der Waals surface area contributed by atoms with E-state index >= 15 is 0 Å². The molecule has 5 nitrogen and oxygen atoms in total. The van der Waals surface area contributed by atoms with Gasteiger partial charge >= 0.3 is 5.97 Å². The Hall–Kier alpha value is -0.950. The molecule has 0 radical (unpaired) electrons. The monoisotopic (exact) mass is 376 g/mol. The maximum absolute atomic E-state index is 11.7. The number of rotatable bonds is 3. The van der Waals surface area contributed by atoms with Crippen LogP contribution in [-0.2, 0) is 16.1 Å². The number of hydrogen-bond donors (Lipinski definition) is 1. The van der Waals surface area contributed by atoms with Crippen molar-refractivity contribution in [3.63, 3.8) is 0 Å². The zero-order chi connectivity index (χ0) is 13.3. The highest BCUT2D eigenvalue weighted by molar-refractivity contribution is 9.11. The fraction of sp³-hybridized carbons (Fsp3) is 0.364. The SMILES string of the molecule is O=C(O)C1CCC(=O)N1Cc1ncc(Br)cc1Br. The first-order valence-electron chi connectivity index (χ1n) is 5.31. The first-order valence-corrected chi connectivity index (χ1v) is 6.90. The van der Waals surface area contributed by atoms with Gasteiger partial charge in [0.05, 0.1) is 12.2 Å². The quantitative estimate of drug-likeness (QED) is 0.876. The zero-order valence-corrected chi connectivity index (χ0v) is 12.4. The average molecular weight is 378 g/mol. The number of aliphatic carboxylic acids is 1. The number of carbonyl (C=O) groups excluding carboxylic acids is 1. The highest BCUT2D eigenvalue weighted by atomic mass is 79.9. The molecule has 7 heteroatoms. The van der Waals surface area contributed by atoms with Crippen molar-refractivity contribution in [3.8, 4) is 0 Å². The van der Waals surface area contributed by atoms with Gasteiger partial charge in [-0.25, -0.2) is 4.79 Å². The molecule has 1 amide bonds. The minimum Gasteiger partial charge on any atom is -0.480 e. The minimum absolute atomic E-state index is 0.140. The Morgan fingerprint density at radius 3 is 2.89 bits per heavy atom. The van der Waals surface area contributed by atoms with Crippen LogP contribution in [0.3, 0.4) is 0 Å². The molecule has 1 N–H and O–H groups in total. The van der Waals surface area contributed by atoms with Gasteiger partial charge in [-0.15, -0.1) is 0 Å². The Bertz CT molecular complexity index is 507. The summed E-state index contributed by atoms with van der Waals surface area (Å²) in [6, 6.07) is 1.08. The van der Waals surface area contributed by atoms with E-state index in [1.54, 1.807) is 6.20 Å². The molecule has 1 aromatic heterocycles. The molecule has 1 unspecified atom stereocenters. The van der Waals surface area contributed by atoms with E-state index in [4.69, 9.17) is 5.11 Å². The highest BCUT2D eigenvalue weighted by Crippen LogP contribution is 2.25. The van der Waals surface area contributed by atoms with Gasteiger partial charge in [0, 0.05) is 21.6 Å². The number of carbonyl (C=O) groups is 2. The summed E-state index contributed by atoms with van der Waals surface area (Å²) in [7, 11) is 0. The van der Waals surface area contributed by atoms with Gasteiger partial charge in [-0.2, -0.15) is 0 Å². The van der Waals surface area contributed by atoms with Crippen molar-refractivity contribution in [1.29, 1.82) is 0 Å². The topological polar surface area (TPSA) is 70.5 Å². The predicted molar refractivity (Wildman–Crippen MR) is 70.8 cm³/mol. The van der Waals surface area contributed by atoms with Crippen LogP contribution >= 0.6 is 31.9 Å². The maximum atomic E-state index is 11.7. The summed E-state index contributed by atoms with van der Waals surface area (Å²) in [5.41, 5.74) is 0.653. The Morgan fingerprint density at radius 2 is 2.28 bits per heavy atom. The molecule has 2 heterocycles. The third-order valence-electron chi connectivity index (χ3n) is 2.82. The van der Waals surface area contributed by atoms with Crippen molar-refractivity contribution < 1.29 is 14.7 Å². The van der Waals surface area contributed by atoms with Crippen molar-refractivity contribution in [2.75, 3.05) is 0 Å². The number of nitrogens with zero attached hydrogens (tertiary/aromatic N) is 2. The summed E-state index contributed by atoms with van der Waals surface area (Å²) in [6.07, 6.45) is 2.27. The van der Waals surface area contributed by atoms with Crippen molar-refractivity contribution in [1.82, 2.24) is 9.88 Å². The summed E-state index contributed by atoms with van der Waals surface area (Å²) in [5, 5.41) is 9.06. The summed E-state index contributed by atoms with van der Waals surface area (Å²) < 4.78 is 1.57. The second-order valence-electron chi connectivity index (χ2n) is 4.00. The summed E-state index contributed by atoms with van der Waals surface area (Å²) in [4.78, 5) is 28.3. The molecule has 2 rings (SSSR count). The van der Waals surface area contributed by atoms with Crippen molar-refractivity contribution in [3.05, 3.63) is 26.9 Å². The first kappa shape index (κ1) is 13.5. The lowest BCUT2D eigenvalue weighted by molar-refractivity contribution is -0.146. The van der Waals surface area contributed by atoms with Crippen molar-refractivity contribution in [2.24, 2.45) is 0 Å². The van der Waals surface area contributed by atoms with Crippen LogP contribution in [0.4, 0.5) is 0 Å². The van der Waals surface area contributed by atoms with E-state index in [9.17, 15) is 9.59 Å². The van der Waals surface area contributed by atoms with E-state index in [0.29, 0.717) is 12.1 Å². The van der Waals surface area contributed by atoms with E-state index in [2.05, 4.69) is 36.8 Å². The van der Waals surface area contributed by atoms with Crippen LogP contribution in [-0.4, -0.2) is 32.9 Å². The van der Waals surface area contributed by atoms with Crippen LogP contribution in [0.25, 0.3) is 0 Å². The van der Waals surface area contributed by atoms with E-state index in [-0.39, 0.29) is 18.9 Å². The summed E-state index contributed by atoms with van der Waals surface area (Å²) >= 11 is 6.64. The molecule has 0 spiro atoms. The number of hydrogen-bond acceptors (Lipinski definition) is 3. The smallest absolute Gasteiger partial charge is 0.326 e. The number of carboxylic acid groups (broad SMARTS) is 1. The molecule has 0 aromatic carbocycles. The standard InChI is InChI=1S/C11H10Br2N2O3/c12-6-3-7(13)8(14-4-6)5-15-9(11(17)18)1-2-10(15)16/h3-4,9H,1-2,5H2,(H,17,18). The molecule has 1 saturated heterocycles. The maximum Gasteiger partial charge on any atom is 0.326 e. The molecule has 0 saturated carbocycles. The first-order chi connectivity index (χ1) is 8.49. The zero-order valence-electron chi connectivity index (χ0n) is 9.27. The largest absolute Gasteiger partial charge is 0.480 e. The Labute approximate surface area is 120 Å². The van der Waals surface area contributed by atoms with Gasteiger partial charge in [0.25, 0.3) is 0 Å². The highest BCUT2D eigenvalue weighted by Gasteiger charge is 2.36. The second kappa shape index (κ2) is 5.36. The third-order valence-corrected chi connectivity index (χ3v) is 3.94. The van der Waals surface area contributed by atoms with E-state index in [0.717, 1.165) is 8.95 Å². The van der Waals surface area contributed by atoms with Crippen LogP contribution in [0.5, 0.6) is 0 Å². The molecule has 1 aliphatic heterocycles. The molecule has 1 fully saturated rings. The van der Waals surface area contributed by atoms with Gasteiger partial charge in [-0.1, -0.05) is 0 Å². The number of carboxylic acids is 1. The van der Waals surface area contributed by atoms with Crippen molar-refractivity contribution in [2.45, 2.75) is 25.4 Å². The van der Waals surface area contributed by atoms with Crippen LogP contribution in [0.2, 0.25) is 0 Å². The second-order valence-corrected chi connectivity index (χ2v) is 5.77. The molecule has 1 aromatic rings. The molecule has 1 aliphatic rings. The van der Waals surface area contributed by atoms with E-state index < -0.39 is 12.0 Å². The molecular formula is C11H10Br2N2O3. The van der Waals surface area contributed by atoms with Crippen LogP contribution in [0, 0.1) is 0 Å². The molecule has 96 valence electrons. The molecule has 0 bridgehead atoms. The lowest BCUT2D eigenvalue weighted by Gasteiger charge is -2.21. The fourth-order valence-electron chi connectivity index (χ4n) is 1.91. The molecular weight excluding hydrogens is 368 g/mol. The number of halogens is 2. The van der Waals surface area contributed by atoms with Gasteiger partial charge in [0.15, 0.2) is 0 Å². The van der Waals surface area contributed by atoms with Crippen LogP contribution in [0.15, 0.2) is 21.2 Å². The van der Waals surface area contributed by atoms with Gasteiger partial charge in [-0.05, 0) is 44.3 Å². The van der Waals surface area contributed by atoms with Crippen molar-refractivity contribution >= 4 is 43.7 Å². The molecule has 0 aliphatic carbocycles. The van der Waals surface area contributed by atoms with E-state index in [1.165, 1.54) is 4.90 Å². The van der Waals surface area contributed by atoms with Gasteiger partial charge < -0.3 is 10.0 Å². The molecule has 1 atom stereocenters. The lowest BCUT2D eigenvalue weighted by Crippen LogP contribution is -2.38. The summed E-state index contributed by atoms with van der Waals surface area (Å²) in [5.74, 6) is -1.10. The lowest BCUT2D eigenvalue weighted by atomic mass is 10.2. The number of likely N-dealkylation sites (tertiary alicyclic amines) is 1. The number of aromatic nitrogens is 1. The average Bonchev–Trinajstić information content (AvgIpc) is 2.64. The Balaban J connectivity index is 2.21. The number of pyridine rings is 1. The Morgan fingerprint density at radius 1 is 1.56 bits per heavy atom. The van der Waals surface area contributed by atoms with Gasteiger partial charge in [0.2, 0.25) is 5.91 Å². The summed E-state index contributed by atoms with van der Waals surface area (Å²) in [6.45, 7) is 0.212. The predicted octanol–water partition coefficient (Wildman–Crippen LogP) is 2.18. The normalized spacial score (nSPS) is 19.3. The molecule has 18 heavy (non-hydrogen) atoms. The van der Waals surface area contributed by atoms with E-state index in [1.807, 2.05) is 6.07 Å². The van der Waals surface area contributed by atoms with Crippen LogP contribution < -0.4 is 0 Å². The fourth-order valence-corrected chi connectivity index (χ4v) is 3.02. The Kier molecular flexibility index (Phi) is 4.01.